The highest BCUT2D eigenvalue weighted by atomic mass is 16.2. The van der Waals surface area contributed by atoms with Gasteiger partial charge in [-0.2, -0.15) is 0 Å². The Kier molecular flexibility index (Phi) is 4.29. The molecule has 0 aliphatic carbocycles. The zero-order valence-corrected chi connectivity index (χ0v) is 12.1. The molecule has 1 fully saturated rings. The van der Waals surface area contributed by atoms with Gasteiger partial charge in [0.25, 0.3) is 5.91 Å². The van der Waals surface area contributed by atoms with Gasteiger partial charge < -0.3 is 16.4 Å². The molecule has 0 radical (unpaired) electrons. The second kappa shape index (κ2) is 5.98. The molecule has 1 aromatic carbocycles. The normalized spacial score (nSPS) is 20.8. The van der Waals surface area contributed by atoms with Crippen molar-refractivity contribution < 1.29 is 9.59 Å². The molecule has 5 nitrogen and oxygen atoms in total. The zero-order valence-electron chi connectivity index (χ0n) is 12.1. The van der Waals surface area contributed by atoms with Gasteiger partial charge in [0.05, 0.1) is 17.5 Å². The minimum absolute atomic E-state index is 0.123. The molecule has 1 aromatic rings. The Labute approximate surface area is 124 Å². The van der Waals surface area contributed by atoms with Crippen LogP contribution < -0.4 is 11.5 Å². The fourth-order valence-corrected chi connectivity index (χ4v) is 2.43. The third-order valence-corrected chi connectivity index (χ3v) is 3.84. The average molecular weight is 285 g/mol. The summed E-state index contributed by atoms with van der Waals surface area (Å²) in [5, 5.41) is 0. The minimum Gasteiger partial charge on any atom is -0.369 e. The molecule has 21 heavy (non-hydrogen) atoms. The van der Waals surface area contributed by atoms with Gasteiger partial charge in [0.1, 0.15) is 0 Å². The van der Waals surface area contributed by atoms with E-state index < -0.39 is 5.41 Å². The van der Waals surface area contributed by atoms with Crippen LogP contribution in [0.2, 0.25) is 0 Å². The fraction of sp³-hybridized carbons (Fsp3) is 0.375. The van der Waals surface area contributed by atoms with Crippen molar-refractivity contribution in [2.45, 2.75) is 13.3 Å². The molecule has 0 bridgehead atoms. The highest BCUT2D eigenvalue weighted by Gasteiger charge is 2.41. The second-order valence-corrected chi connectivity index (χ2v) is 5.45. The summed E-state index contributed by atoms with van der Waals surface area (Å²) in [5.41, 5.74) is 11.3. The number of amides is 2. The molecular weight excluding hydrogens is 266 g/mol. The molecule has 110 valence electrons. The van der Waals surface area contributed by atoms with Crippen molar-refractivity contribution in [2.75, 3.05) is 19.6 Å². The standard InChI is InChI=1S/C16H19N3O2/c1-16(15(18)21)8-10-19(11-16)14(20)13-7-3-2-5-12(13)6-4-9-17/h2-3,5,7H,8-11,17H2,1H3,(H2,18,21). The third kappa shape index (κ3) is 3.06. The van der Waals surface area contributed by atoms with Crippen LogP contribution in [0.15, 0.2) is 24.3 Å². The molecule has 1 unspecified atom stereocenters. The summed E-state index contributed by atoms with van der Waals surface area (Å²) in [7, 11) is 0. The van der Waals surface area contributed by atoms with Gasteiger partial charge >= 0.3 is 0 Å². The summed E-state index contributed by atoms with van der Waals surface area (Å²) < 4.78 is 0. The van der Waals surface area contributed by atoms with Gasteiger partial charge in [0.2, 0.25) is 5.91 Å². The summed E-state index contributed by atoms with van der Waals surface area (Å²) in [5.74, 6) is 5.17. The smallest absolute Gasteiger partial charge is 0.255 e. The van der Waals surface area contributed by atoms with Crippen molar-refractivity contribution in [1.82, 2.24) is 4.90 Å². The maximum atomic E-state index is 12.6. The van der Waals surface area contributed by atoms with Crippen LogP contribution in [-0.4, -0.2) is 36.3 Å². The maximum Gasteiger partial charge on any atom is 0.255 e. The Morgan fingerprint density at radius 1 is 1.38 bits per heavy atom. The molecule has 1 aliphatic heterocycles. The first-order valence-corrected chi connectivity index (χ1v) is 6.85. The van der Waals surface area contributed by atoms with Gasteiger partial charge in [-0.3, -0.25) is 9.59 Å². The predicted octanol–water partition coefficient (Wildman–Crippen LogP) is 0.334. The fourth-order valence-electron chi connectivity index (χ4n) is 2.43. The van der Waals surface area contributed by atoms with E-state index in [-0.39, 0.29) is 18.4 Å². The minimum atomic E-state index is -0.645. The molecule has 1 atom stereocenters. The number of benzene rings is 1. The first-order chi connectivity index (χ1) is 9.98. The van der Waals surface area contributed by atoms with E-state index in [1.807, 2.05) is 6.07 Å². The lowest BCUT2D eigenvalue weighted by Crippen LogP contribution is -2.38. The van der Waals surface area contributed by atoms with Crippen molar-refractivity contribution in [3.05, 3.63) is 35.4 Å². The summed E-state index contributed by atoms with van der Waals surface area (Å²) in [6.07, 6.45) is 0.588. The van der Waals surface area contributed by atoms with Gasteiger partial charge in [-0.15, -0.1) is 0 Å². The van der Waals surface area contributed by atoms with Crippen LogP contribution in [0.25, 0.3) is 0 Å². The number of likely N-dealkylation sites (tertiary alicyclic amines) is 1. The van der Waals surface area contributed by atoms with Crippen LogP contribution in [-0.2, 0) is 4.79 Å². The van der Waals surface area contributed by atoms with Crippen molar-refractivity contribution in [3.8, 4) is 11.8 Å². The van der Waals surface area contributed by atoms with Crippen LogP contribution >= 0.6 is 0 Å². The highest BCUT2D eigenvalue weighted by molar-refractivity contribution is 5.97. The number of carbonyl (C=O) groups is 2. The molecule has 1 heterocycles. The lowest BCUT2D eigenvalue weighted by Gasteiger charge is -2.21. The van der Waals surface area contributed by atoms with Gasteiger partial charge in [0.15, 0.2) is 0 Å². The van der Waals surface area contributed by atoms with Gasteiger partial charge in [-0.05, 0) is 25.5 Å². The number of carbonyl (C=O) groups excluding carboxylic acids is 2. The van der Waals surface area contributed by atoms with Crippen molar-refractivity contribution in [3.63, 3.8) is 0 Å². The summed E-state index contributed by atoms with van der Waals surface area (Å²) in [6, 6.07) is 7.15. The first-order valence-electron chi connectivity index (χ1n) is 6.85. The van der Waals surface area contributed by atoms with E-state index in [0.717, 1.165) is 0 Å². The number of rotatable bonds is 2. The van der Waals surface area contributed by atoms with Crippen LogP contribution in [0, 0.1) is 17.3 Å². The van der Waals surface area contributed by atoms with E-state index in [1.54, 1.807) is 30.0 Å². The lowest BCUT2D eigenvalue weighted by atomic mass is 9.89. The van der Waals surface area contributed by atoms with Crippen LogP contribution in [0.1, 0.15) is 29.3 Å². The van der Waals surface area contributed by atoms with Gasteiger partial charge in [0, 0.05) is 18.7 Å². The van der Waals surface area contributed by atoms with Crippen LogP contribution in [0.5, 0.6) is 0 Å². The largest absolute Gasteiger partial charge is 0.369 e. The number of nitrogens with zero attached hydrogens (tertiary/aromatic N) is 1. The Morgan fingerprint density at radius 3 is 2.71 bits per heavy atom. The van der Waals surface area contributed by atoms with E-state index in [0.29, 0.717) is 30.6 Å². The summed E-state index contributed by atoms with van der Waals surface area (Å²) in [6.45, 7) is 2.91. The molecular formula is C16H19N3O2. The molecule has 1 saturated heterocycles. The van der Waals surface area contributed by atoms with Crippen molar-refractivity contribution >= 4 is 11.8 Å². The molecule has 0 spiro atoms. The SMILES string of the molecule is CC1(C(N)=O)CCN(C(=O)c2ccccc2C#CCN)C1. The van der Waals surface area contributed by atoms with E-state index >= 15 is 0 Å². The second-order valence-electron chi connectivity index (χ2n) is 5.45. The van der Waals surface area contributed by atoms with Crippen LogP contribution in [0.4, 0.5) is 0 Å². The van der Waals surface area contributed by atoms with E-state index in [2.05, 4.69) is 11.8 Å². The number of primary amides is 1. The number of nitrogens with two attached hydrogens (primary N) is 2. The Bertz CT molecular complexity index is 630. The van der Waals surface area contributed by atoms with E-state index in [1.165, 1.54) is 0 Å². The Balaban J connectivity index is 2.24. The average Bonchev–Trinajstić information content (AvgIpc) is 2.89. The molecule has 1 aliphatic rings. The number of hydrogen-bond acceptors (Lipinski definition) is 3. The third-order valence-electron chi connectivity index (χ3n) is 3.84. The topological polar surface area (TPSA) is 89.4 Å². The predicted molar refractivity (Wildman–Crippen MR) is 80.2 cm³/mol. The number of hydrogen-bond donors (Lipinski definition) is 2. The Hall–Kier alpha value is -2.32. The molecule has 4 N–H and O–H groups in total. The first kappa shape index (κ1) is 15.1. The molecule has 0 aromatic heterocycles. The van der Waals surface area contributed by atoms with Crippen molar-refractivity contribution in [1.29, 1.82) is 0 Å². The van der Waals surface area contributed by atoms with Crippen molar-refractivity contribution in [2.24, 2.45) is 16.9 Å². The highest BCUT2D eigenvalue weighted by Crippen LogP contribution is 2.30. The molecule has 2 amide bonds. The zero-order chi connectivity index (χ0) is 15.5. The monoisotopic (exact) mass is 285 g/mol. The summed E-state index contributed by atoms with van der Waals surface area (Å²) in [4.78, 5) is 25.8. The quantitative estimate of drug-likeness (QED) is 0.768. The molecule has 2 rings (SSSR count). The molecule has 0 saturated carbocycles. The molecule has 5 heteroatoms. The van der Waals surface area contributed by atoms with E-state index in [9.17, 15) is 9.59 Å². The van der Waals surface area contributed by atoms with Crippen LogP contribution in [0.3, 0.4) is 0 Å². The van der Waals surface area contributed by atoms with Gasteiger partial charge in [-0.25, -0.2) is 0 Å². The lowest BCUT2D eigenvalue weighted by molar-refractivity contribution is -0.126. The maximum absolute atomic E-state index is 12.6. The Morgan fingerprint density at radius 2 is 2.10 bits per heavy atom. The van der Waals surface area contributed by atoms with E-state index in [4.69, 9.17) is 11.5 Å². The summed E-state index contributed by atoms with van der Waals surface area (Å²) >= 11 is 0. The van der Waals surface area contributed by atoms with Gasteiger partial charge in [-0.1, -0.05) is 24.0 Å².